The Kier molecular flexibility index (Phi) is 3.88. The molecule has 0 aromatic heterocycles. The molecule has 0 radical (unpaired) electrons. The van der Waals surface area contributed by atoms with Crippen molar-refractivity contribution in [1.29, 1.82) is 0 Å². The Balaban J connectivity index is 3.06. The molecule has 0 bridgehead atoms. The smallest absolute Gasteiger partial charge is 0.310 e. The van der Waals surface area contributed by atoms with E-state index < -0.39 is 4.92 Å². The summed E-state index contributed by atoms with van der Waals surface area (Å²) in [4.78, 5) is 10.2. The third-order valence-corrected chi connectivity index (χ3v) is 2.15. The van der Waals surface area contributed by atoms with Gasteiger partial charge in [-0.2, -0.15) is 0 Å². The molecule has 1 unspecified atom stereocenters. The monoisotopic (exact) mass is 230 g/mol. The number of hydrogen-bond acceptors (Lipinski definition) is 4. The maximum Gasteiger partial charge on any atom is 0.310 e. The van der Waals surface area contributed by atoms with E-state index in [1.54, 1.807) is 19.1 Å². The molecule has 82 valence electrons. The molecule has 1 rings (SSSR count). The Hall–Kier alpha value is -1.33. The number of nitrogens with one attached hydrogen (secondary N) is 1. The van der Waals surface area contributed by atoms with Crippen molar-refractivity contribution in [2.75, 3.05) is 11.9 Å². The lowest BCUT2D eigenvalue weighted by atomic mass is 10.2. The molecule has 1 aromatic rings. The number of nitrogens with zero attached hydrogens (tertiary/aromatic N) is 1. The van der Waals surface area contributed by atoms with Gasteiger partial charge in [-0.15, -0.1) is 0 Å². The zero-order chi connectivity index (χ0) is 11.4. The standard InChI is InChI=1S/C9H11ClN2O3/c1-6(5-13)11-8-4-2-3-7(10)9(8)12(14)15/h2-4,6,11,13H,5H2,1H3. The first-order valence-electron chi connectivity index (χ1n) is 4.36. The predicted molar refractivity (Wildman–Crippen MR) is 58.3 cm³/mol. The molecule has 1 atom stereocenters. The number of anilines is 1. The normalized spacial score (nSPS) is 12.2. The highest BCUT2D eigenvalue weighted by Gasteiger charge is 2.18. The number of aliphatic hydroxyl groups is 1. The Morgan fingerprint density at radius 1 is 1.67 bits per heavy atom. The van der Waals surface area contributed by atoms with Gasteiger partial charge in [0.1, 0.15) is 10.7 Å². The molecule has 0 saturated heterocycles. The number of aliphatic hydroxyl groups excluding tert-OH is 1. The van der Waals surface area contributed by atoms with Gasteiger partial charge >= 0.3 is 5.69 Å². The molecular formula is C9H11ClN2O3. The van der Waals surface area contributed by atoms with Gasteiger partial charge in [0, 0.05) is 6.04 Å². The zero-order valence-electron chi connectivity index (χ0n) is 8.11. The molecule has 0 spiro atoms. The highest BCUT2D eigenvalue weighted by atomic mass is 35.5. The fourth-order valence-electron chi connectivity index (χ4n) is 1.13. The van der Waals surface area contributed by atoms with Crippen LogP contribution in [0.2, 0.25) is 5.02 Å². The second kappa shape index (κ2) is 4.95. The van der Waals surface area contributed by atoms with Crippen molar-refractivity contribution in [2.24, 2.45) is 0 Å². The average molecular weight is 231 g/mol. The van der Waals surface area contributed by atoms with Crippen LogP contribution in [0.25, 0.3) is 0 Å². The minimum absolute atomic E-state index is 0.0788. The summed E-state index contributed by atoms with van der Waals surface area (Å²) in [6.07, 6.45) is 0. The van der Waals surface area contributed by atoms with E-state index in [0.29, 0.717) is 5.69 Å². The molecule has 5 nitrogen and oxygen atoms in total. The summed E-state index contributed by atoms with van der Waals surface area (Å²) in [5, 5.41) is 22.4. The van der Waals surface area contributed by atoms with Crippen LogP contribution < -0.4 is 5.32 Å². The molecule has 0 heterocycles. The lowest BCUT2D eigenvalue weighted by Crippen LogP contribution is -2.19. The van der Waals surface area contributed by atoms with Gasteiger partial charge < -0.3 is 10.4 Å². The van der Waals surface area contributed by atoms with Crippen molar-refractivity contribution in [2.45, 2.75) is 13.0 Å². The van der Waals surface area contributed by atoms with Gasteiger partial charge in [-0.05, 0) is 19.1 Å². The Morgan fingerprint density at radius 3 is 2.87 bits per heavy atom. The van der Waals surface area contributed by atoms with Crippen molar-refractivity contribution in [3.05, 3.63) is 33.3 Å². The minimum atomic E-state index is -0.547. The summed E-state index contributed by atoms with van der Waals surface area (Å²) in [6, 6.07) is 4.36. The summed E-state index contributed by atoms with van der Waals surface area (Å²) in [6.45, 7) is 1.61. The predicted octanol–water partition coefficient (Wildman–Crippen LogP) is 2.04. The number of nitro groups is 1. The topological polar surface area (TPSA) is 75.4 Å². The molecule has 1 aromatic carbocycles. The molecule has 2 N–H and O–H groups in total. The summed E-state index contributed by atoms with van der Waals surface area (Å²) >= 11 is 5.71. The number of nitro benzene ring substituents is 1. The Bertz CT molecular complexity index is 370. The van der Waals surface area contributed by atoms with Crippen LogP contribution in [0.15, 0.2) is 18.2 Å². The van der Waals surface area contributed by atoms with Crippen LogP contribution in [-0.4, -0.2) is 22.7 Å². The third-order valence-electron chi connectivity index (χ3n) is 1.85. The van der Waals surface area contributed by atoms with Gasteiger partial charge in [0.25, 0.3) is 0 Å². The molecular weight excluding hydrogens is 220 g/mol. The fourth-order valence-corrected chi connectivity index (χ4v) is 1.37. The van der Waals surface area contributed by atoms with Gasteiger partial charge in [-0.25, -0.2) is 0 Å². The molecule has 0 aliphatic carbocycles. The van der Waals surface area contributed by atoms with Crippen molar-refractivity contribution in [3.8, 4) is 0 Å². The number of rotatable bonds is 4. The van der Waals surface area contributed by atoms with Crippen LogP contribution in [0.1, 0.15) is 6.92 Å². The first kappa shape index (κ1) is 11.7. The van der Waals surface area contributed by atoms with Gasteiger partial charge in [0.05, 0.1) is 11.5 Å². The average Bonchev–Trinajstić information content (AvgIpc) is 2.17. The summed E-state index contributed by atoms with van der Waals surface area (Å²) in [5.74, 6) is 0. The maximum absolute atomic E-state index is 10.7. The van der Waals surface area contributed by atoms with Crippen LogP contribution in [0, 0.1) is 10.1 Å². The molecule has 0 saturated carbocycles. The van der Waals surface area contributed by atoms with E-state index in [9.17, 15) is 10.1 Å². The summed E-state index contributed by atoms with van der Waals surface area (Å²) in [7, 11) is 0. The maximum atomic E-state index is 10.7. The first-order valence-corrected chi connectivity index (χ1v) is 4.74. The quantitative estimate of drug-likeness (QED) is 0.613. The van der Waals surface area contributed by atoms with Crippen LogP contribution in [0.5, 0.6) is 0 Å². The van der Waals surface area contributed by atoms with E-state index >= 15 is 0 Å². The lowest BCUT2D eigenvalue weighted by molar-refractivity contribution is -0.383. The molecule has 0 fully saturated rings. The summed E-state index contributed by atoms with van der Waals surface area (Å²) in [5.41, 5.74) is 0.147. The van der Waals surface area contributed by atoms with Crippen LogP contribution in [-0.2, 0) is 0 Å². The van der Waals surface area contributed by atoms with Crippen LogP contribution >= 0.6 is 11.6 Å². The summed E-state index contributed by atoms with van der Waals surface area (Å²) < 4.78 is 0. The zero-order valence-corrected chi connectivity index (χ0v) is 8.86. The molecule has 0 aliphatic rings. The third kappa shape index (κ3) is 2.81. The molecule has 0 aliphatic heterocycles. The van der Waals surface area contributed by atoms with E-state index in [2.05, 4.69) is 5.32 Å². The lowest BCUT2D eigenvalue weighted by Gasteiger charge is -2.12. The first-order chi connectivity index (χ1) is 7.06. The second-order valence-corrected chi connectivity index (χ2v) is 3.53. The molecule has 0 amide bonds. The van der Waals surface area contributed by atoms with Crippen molar-refractivity contribution < 1.29 is 10.0 Å². The van der Waals surface area contributed by atoms with E-state index in [-0.39, 0.29) is 23.4 Å². The Labute approximate surface area is 91.8 Å². The SMILES string of the molecule is CC(CO)Nc1cccc(Cl)c1[N+](=O)[O-]. The van der Waals surface area contributed by atoms with E-state index in [1.165, 1.54) is 6.07 Å². The minimum Gasteiger partial charge on any atom is -0.394 e. The highest BCUT2D eigenvalue weighted by molar-refractivity contribution is 6.33. The van der Waals surface area contributed by atoms with Crippen molar-refractivity contribution in [3.63, 3.8) is 0 Å². The number of para-hydroxylation sites is 1. The van der Waals surface area contributed by atoms with Gasteiger partial charge in [-0.3, -0.25) is 10.1 Å². The number of halogens is 1. The molecule has 6 heteroatoms. The fraction of sp³-hybridized carbons (Fsp3) is 0.333. The van der Waals surface area contributed by atoms with Crippen LogP contribution in [0.3, 0.4) is 0 Å². The van der Waals surface area contributed by atoms with Gasteiger partial charge in [-0.1, -0.05) is 17.7 Å². The van der Waals surface area contributed by atoms with E-state index in [0.717, 1.165) is 0 Å². The van der Waals surface area contributed by atoms with E-state index in [4.69, 9.17) is 16.7 Å². The van der Waals surface area contributed by atoms with E-state index in [1.807, 2.05) is 0 Å². The Morgan fingerprint density at radius 2 is 2.33 bits per heavy atom. The van der Waals surface area contributed by atoms with Gasteiger partial charge in [0.15, 0.2) is 0 Å². The highest BCUT2D eigenvalue weighted by Crippen LogP contribution is 2.32. The van der Waals surface area contributed by atoms with Gasteiger partial charge in [0.2, 0.25) is 0 Å². The second-order valence-electron chi connectivity index (χ2n) is 3.12. The molecule has 15 heavy (non-hydrogen) atoms. The number of benzene rings is 1. The largest absolute Gasteiger partial charge is 0.394 e. The van der Waals surface area contributed by atoms with Crippen molar-refractivity contribution >= 4 is 23.0 Å². The van der Waals surface area contributed by atoms with Crippen molar-refractivity contribution in [1.82, 2.24) is 0 Å². The van der Waals surface area contributed by atoms with Crippen LogP contribution in [0.4, 0.5) is 11.4 Å². The number of hydrogen-bond donors (Lipinski definition) is 2.